The number of hydrogen-bond donors (Lipinski definition) is 1. The van der Waals surface area contributed by atoms with Gasteiger partial charge in [0.05, 0.1) is 68.3 Å². The second-order valence-corrected chi connectivity index (χ2v) is 11.7. The molecule has 1 amide bonds. The second-order valence-electron chi connectivity index (χ2n) is 9.43. The van der Waals surface area contributed by atoms with Gasteiger partial charge in [0.15, 0.2) is 38.5 Å². The van der Waals surface area contributed by atoms with Gasteiger partial charge in [0.1, 0.15) is 0 Å². The van der Waals surface area contributed by atoms with Gasteiger partial charge in [-0.15, -0.1) is 0 Å². The lowest BCUT2D eigenvalue weighted by Gasteiger charge is -2.14. The predicted octanol–water partition coefficient (Wildman–Crippen LogP) is 4.05. The highest BCUT2D eigenvalue weighted by molar-refractivity contribution is 7.91. The summed E-state index contributed by atoms with van der Waals surface area (Å²) >= 11 is 0. The molecule has 4 aromatic rings. The number of benzene rings is 2. The van der Waals surface area contributed by atoms with Crippen molar-refractivity contribution in [3.63, 3.8) is 0 Å². The average Bonchev–Trinajstić information content (AvgIpc) is 3.50. The van der Waals surface area contributed by atoms with Crippen LogP contribution in [0.5, 0.6) is 23.0 Å². The molecule has 210 valence electrons. The van der Waals surface area contributed by atoms with E-state index in [-0.39, 0.29) is 23.5 Å². The number of carbonyl (C=O) groups is 1. The Balaban J connectivity index is 1.66. The topological polar surface area (TPSA) is 131 Å². The third-order valence-corrected chi connectivity index (χ3v) is 8.71. The maximum absolute atomic E-state index is 13.8. The third kappa shape index (κ3) is 5.02. The molecule has 5 rings (SSSR count). The van der Waals surface area contributed by atoms with Crippen molar-refractivity contribution in [2.24, 2.45) is 0 Å². The fourth-order valence-corrected chi connectivity index (χ4v) is 6.66. The molecule has 0 radical (unpaired) electrons. The van der Waals surface area contributed by atoms with Crippen molar-refractivity contribution in [2.75, 3.05) is 45.3 Å². The van der Waals surface area contributed by atoms with Crippen molar-refractivity contribution in [3.8, 4) is 34.3 Å². The molecule has 1 N–H and O–H groups in total. The Morgan fingerprint density at radius 2 is 1.57 bits per heavy atom. The minimum Gasteiger partial charge on any atom is -0.493 e. The normalized spacial score (nSPS) is 16.1. The summed E-state index contributed by atoms with van der Waals surface area (Å²) in [7, 11) is 2.97. The molecule has 1 saturated heterocycles. The van der Waals surface area contributed by atoms with Crippen molar-refractivity contribution in [3.05, 3.63) is 53.7 Å². The molecule has 1 aliphatic rings. The van der Waals surface area contributed by atoms with Crippen LogP contribution in [0.1, 0.15) is 28.5 Å². The van der Waals surface area contributed by atoms with Gasteiger partial charge in [-0.25, -0.2) is 18.1 Å². The summed E-state index contributed by atoms with van der Waals surface area (Å²) in [5, 5.41) is 8.14. The molecule has 11 nitrogen and oxygen atoms in total. The van der Waals surface area contributed by atoms with Gasteiger partial charge in [0.2, 0.25) is 0 Å². The zero-order valence-electron chi connectivity index (χ0n) is 22.8. The number of aromatic nitrogens is 3. The Bertz CT molecular complexity index is 1720. The highest BCUT2D eigenvalue weighted by Crippen LogP contribution is 2.36. The van der Waals surface area contributed by atoms with Gasteiger partial charge in [0, 0.05) is 17.3 Å². The van der Waals surface area contributed by atoms with Crippen LogP contribution in [0.25, 0.3) is 22.3 Å². The van der Waals surface area contributed by atoms with E-state index in [1.165, 1.54) is 14.2 Å². The maximum Gasteiger partial charge on any atom is 0.256 e. The van der Waals surface area contributed by atoms with Crippen LogP contribution in [-0.4, -0.2) is 69.0 Å². The maximum atomic E-state index is 13.8. The smallest absolute Gasteiger partial charge is 0.256 e. The Hall–Kier alpha value is -4.32. The second kappa shape index (κ2) is 10.7. The lowest BCUT2D eigenvalue weighted by atomic mass is 10.0. The summed E-state index contributed by atoms with van der Waals surface area (Å²) in [6.45, 7) is 1.78. The van der Waals surface area contributed by atoms with Crippen molar-refractivity contribution in [2.45, 2.75) is 19.4 Å². The molecule has 40 heavy (non-hydrogen) atoms. The van der Waals surface area contributed by atoms with E-state index < -0.39 is 9.84 Å². The Labute approximate surface area is 231 Å². The van der Waals surface area contributed by atoms with Crippen LogP contribution in [0.3, 0.4) is 0 Å². The standard InChI is InChI=1S/C28H30N4O7S/c1-16-26-20(28(33)29-18-7-9-23(37-3)25(13-18)39-5)14-21(17-6-8-22(36-2)24(12-17)38-4)30-27(26)32(31-16)19-10-11-40(34,35)15-19/h6-9,12-14,19H,10-11,15H2,1-5H3,(H,29,33). The van der Waals surface area contributed by atoms with Crippen molar-refractivity contribution in [1.29, 1.82) is 0 Å². The molecule has 2 aromatic carbocycles. The van der Waals surface area contributed by atoms with Crippen LogP contribution < -0.4 is 24.3 Å². The van der Waals surface area contributed by atoms with Gasteiger partial charge in [-0.2, -0.15) is 5.10 Å². The van der Waals surface area contributed by atoms with Crippen molar-refractivity contribution < 1.29 is 32.2 Å². The van der Waals surface area contributed by atoms with Crippen LogP contribution in [0.15, 0.2) is 42.5 Å². The van der Waals surface area contributed by atoms with Crippen molar-refractivity contribution >= 4 is 32.5 Å². The molecular weight excluding hydrogens is 536 g/mol. The molecule has 1 aliphatic heterocycles. The van der Waals surface area contributed by atoms with Gasteiger partial charge in [-0.1, -0.05) is 0 Å². The minimum atomic E-state index is -3.18. The van der Waals surface area contributed by atoms with Gasteiger partial charge in [-0.3, -0.25) is 4.79 Å². The lowest BCUT2D eigenvalue weighted by molar-refractivity contribution is 0.102. The van der Waals surface area contributed by atoms with Crippen LogP contribution in [0, 0.1) is 6.92 Å². The largest absolute Gasteiger partial charge is 0.493 e. The molecule has 0 aliphatic carbocycles. The van der Waals surface area contributed by atoms with Gasteiger partial charge in [0.25, 0.3) is 5.91 Å². The minimum absolute atomic E-state index is 0.0291. The summed E-state index contributed by atoms with van der Waals surface area (Å²) in [4.78, 5) is 18.7. The lowest BCUT2D eigenvalue weighted by Crippen LogP contribution is -2.15. The number of pyridine rings is 1. The first kappa shape index (κ1) is 27.3. The van der Waals surface area contributed by atoms with Gasteiger partial charge >= 0.3 is 0 Å². The third-order valence-electron chi connectivity index (χ3n) is 6.96. The molecule has 12 heteroatoms. The van der Waals surface area contributed by atoms with E-state index in [2.05, 4.69) is 10.4 Å². The number of rotatable bonds is 8. The number of anilines is 1. The fraction of sp³-hybridized carbons (Fsp3) is 0.321. The number of methoxy groups -OCH3 is 4. The van der Waals surface area contributed by atoms with Gasteiger partial charge in [-0.05, 0) is 49.7 Å². The Morgan fingerprint density at radius 3 is 2.20 bits per heavy atom. The molecule has 0 bridgehead atoms. The number of hydrogen-bond acceptors (Lipinski definition) is 9. The number of ether oxygens (including phenoxy) is 4. The van der Waals surface area contributed by atoms with Crippen LogP contribution in [0.2, 0.25) is 0 Å². The number of amides is 1. The molecule has 1 atom stereocenters. The summed E-state index contributed by atoms with van der Waals surface area (Å²) in [6, 6.07) is 11.8. The highest BCUT2D eigenvalue weighted by atomic mass is 32.2. The number of nitrogens with zero attached hydrogens (tertiary/aromatic N) is 3. The highest BCUT2D eigenvalue weighted by Gasteiger charge is 2.32. The van der Waals surface area contributed by atoms with E-state index in [1.807, 2.05) is 6.07 Å². The van der Waals surface area contributed by atoms with E-state index in [4.69, 9.17) is 23.9 Å². The molecule has 1 unspecified atom stereocenters. The van der Waals surface area contributed by atoms with E-state index >= 15 is 0 Å². The number of fused-ring (bicyclic) bond motifs is 1. The molecule has 0 saturated carbocycles. The SMILES string of the molecule is COc1ccc(NC(=O)c2cc(-c3ccc(OC)c(OC)c3)nc3c2c(C)nn3C2CCS(=O)(=O)C2)cc1OC. The average molecular weight is 567 g/mol. The molecule has 1 fully saturated rings. The van der Waals surface area contributed by atoms with E-state index in [1.54, 1.807) is 62.2 Å². The number of carbonyl (C=O) groups excluding carboxylic acids is 1. The number of nitrogens with one attached hydrogen (secondary N) is 1. The van der Waals surface area contributed by atoms with Crippen molar-refractivity contribution in [1.82, 2.24) is 14.8 Å². The monoisotopic (exact) mass is 566 g/mol. The molecule has 2 aromatic heterocycles. The molecule has 0 spiro atoms. The molecular formula is C28H30N4O7S. The zero-order chi connectivity index (χ0) is 28.6. The Morgan fingerprint density at radius 1 is 0.925 bits per heavy atom. The summed E-state index contributed by atoms with van der Waals surface area (Å²) in [5.41, 5.74) is 3.03. The quantitative estimate of drug-likeness (QED) is 0.336. The molecule has 3 heterocycles. The predicted molar refractivity (Wildman–Crippen MR) is 151 cm³/mol. The summed E-state index contributed by atoms with van der Waals surface area (Å²) < 4.78 is 47.7. The first-order chi connectivity index (χ1) is 19.2. The van der Waals surface area contributed by atoms with Crippen LogP contribution >= 0.6 is 0 Å². The van der Waals surface area contributed by atoms with Crippen LogP contribution in [0.4, 0.5) is 5.69 Å². The zero-order valence-corrected chi connectivity index (χ0v) is 23.7. The van der Waals surface area contributed by atoms with E-state index in [9.17, 15) is 13.2 Å². The number of sulfone groups is 1. The Kier molecular flexibility index (Phi) is 7.28. The van der Waals surface area contributed by atoms with Gasteiger partial charge < -0.3 is 24.3 Å². The summed E-state index contributed by atoms with van der Waals surface area (Å²) in [6.07, 6.45) is 0.425. The van der Waals surface area contributed by atoms with E-state index in [0.29, 0.717) is 68.7 Å². The van der Waals surface area contributed by atoms with E-state index in [0.717, 1.165) is 0 Å². The summed E-state index contributed by atoms with van der Waals surface area (Å²) in [5.74, 6) is 1.73. The first-order valence-corrected chi connectivity index (χ1v) is 14.4. The fourth-order valence-electron chi connectivity index (χ4n) is 4.97. The van der Waals surface area contributed by atoms with Crippen LogP contribution in [-0.2, 0) is 9.84 Å². The number of aryl methyl sites for hydroxylation is 1. The first-order valence-electron chi connectivity index (χ1n) is 12.5.